The zero-order valence-electron chi connectivity index (χ0n) is 11.4. The Bertz CT molecular complexity index is 805. The molecular formula is C16H14BrN3O. The number of fused-ring (bicyclic) bond motifs is 1. The zero-order chi connectivity index (χ0) is 14.8. The summed E-state index contributed by atoms with van der Waals surface area (Å²) in [6.45, 7) is 0. The Hall–Kier alpha value is -2.27. The standard InChI is InChI=1S/C16H14BrN3O/c1-21-15-9-10(5-6-12(15)17)20-14-7-8-19-16-11(14)3-2-4-13(16)18/h2-9H,18H2,1H3,(H,19,20). The van der Waals surface area contributed by atoms with Crippen LogP contribution in [-0.2, 0) is 0 Å². The zero-order valence-corrected chi connectivity index (χ0v) is 13.0. The van der Waals surface area contributed by atoms with E-state index in [1.165, 1.54) is 0 Å². The van der Waals surface area contributed by atoms with Gasteiger partial charge >= 0.3 is 0 Å². The van der Waals surface area contributed by atoms with Gasteiger partial charge in [0.15, 0.2) is 0 Å². The summed E-state index contributed by atoms with van der Waals surface area (Å²) in [4.78, 5) is 4.33. The molecule has 1 aromatic heterocycles. The Morgan fingerprint density at radius 2 is 2.05 bits per heavy atom. The number of pyridine rings is 1. The van der Waals surface area contributed by atoms with Crippen molar-refractivity contribution in [2.75, 3.05) is 18.2 Å². The van der Waals surface area contributed by atoms with Gasteiger partial charge in [-0.3, -0.25) is 4.98 Å². The van der Waals surface area contributed by atoms with Crippen LogP contribution in [0.25, 0.3) is 10.9 Å². The van der Waals surface area contributed by atoms with Crippen LogP contribution in [0.2, 0.25) is 0 Å². The molecular weight excluding hydrogens is 330 g/mol. The van der Waals surface area contributed by atoms with Crippen molar-refractivity contribution in [3.8, 4) is 5.75 Å². The topological polar surface area (TPSA) is 60.2 Å². The number of halogens is 1. The number of aromatic nitrogens is 1. The van der Waals surface area contributed by atoms with Crippen LogP contribution in [0, 0.1) is 0 Å². The molecule has 0 aliphatic heterocycles. The molecule has 0 radical (unpaired) electrons. The molecule has 0 aliphatic rings. The summed E-state index contributed by atoms with van der Waals surface area (Å²) in [7, 11) is 1.65. The van der Waals surface area contributed by atoms with Crippen LogP contribution in [0.15, 0.2) is 53.1 Å². The molecule has 21 heavy (non-hydrogen) atoms. The number of benzene rings is 2. The third kappa shape index (κ3) is 2.64. The molecule has 4 nitrogen and oxygen atoms in total. The van der Waals surface area contributed by atoms with Crippen LogP contribution in [-0.4, -0.2) is 12.1 Å². The molecule has 0 spiro atoms. The minimum atomic E-state index is 0.671. The summed E-state index contributed by atoms with van der Waals surface area (Å²) in [6, 6.07) is 13.6. The summed E-state index contributed by atoms with van der Waals surface area (Å²) < 4.78 is 6.23. The Kier molecular flexibility index (Phi) is 3.66. The minimum absolute atomic E-state index is 0.671. The Balaban J connectivity index is 2.04. The van der Waals surface area contributed by atoms with E-state index in [2.05, 4.69) is 26.2 Å². The number of anilines is 3. The first-order valence-electron chi connectivity index (χ1n) is 6.43. The molecule has 0 aliphatic carbocycles. The molecule has 0 saturated heterocycles. The third-order valence-corrected chi connectivity index (χ3v) is 3.89. The van der Waals surface area contributed by atoms with Crippen LogP contribution in [0.3, 0.4) is 0 Å². The van der Waals surface area contributed by atoms with E-state index >= 15 is 0 Å². The maximum atomic E-state index is 5.97. The maximum Gasteiger partial charge on any atom is 0.135 e. The highest BCUT2D eigenvalue weighted by molar-refractivity contribution is 9.10. The van der Waals surface area contributed by atoms with Crippen LogP contribution < -0.4 is 15.8 Å². The van der Waals surface area contributed by atoms with E-state index in [1.807, 2.05) is 42.5 Å². The van der Waals surface area contributed by atoms with Gasteiger partial charge in [0.1, 0.15) is 5.75 Å². The number of nitrogen functional groups attached to an aromatic ring is 1. The highest BCUT2D eigenvalue weighted by Gasteiger charge is 2.06. The monoisotopic (exact) mass is 343 g/mol. The van der Waals surface area contributed by atoms with Crippen molar-refractivity contribution in [2.24, 2.45) is 0 Å². The minimum Gasteiger partial charge on any atom is -0.495 e. The quantitative estimate of drug-likeness (QED) is 0.694. The predicted molar refractivity (Wildman–Crippen MR) is 90.1 cm³/mol. The van der Waals surface area contributed by atoms with Gasteiger partial charge in [-0.25, -0.2) is 0 Å². The van der Waals surface area contributed by atoms with E-state index in [1.54, 1.807) is 13.3 Å². The maximum absolute atomic E-state index is 5.97. The number of rotatable bonds is 3. The van der Waals surface area contributed by atoms with E-state index < -0.39 is 0 Å². The summed E-state index contributed by atoms with van der Waals surface area (Å²) in [5.74, 6) is 0.776. The molecule has 1 heterocycles. The van der Waals surface area contributed by atoms with Gasteiger partial charge < -0.3 is 15.8 Å². The van der Waals surface area contributed by atoms with Crippen LogP contribution in [0.4, 0.5) is 17.1 Å². The van der Waals surface area contributed by atoms with Crippen molar-refractivity contribution in [2.45, 2.75) is 0 Å². The first-order chi connectivity index (χ1) is 10.2. The number of hydrogen-bond acceptors (Lipinski definition) is 4. The lowest BCUT2D eigenvalue weighted by molar-refractivity contribution is 0.412. The van der Waals surface area contributed by atoms with Crippen LogP contribution in [0.1, 0.15) is 0 Å². The van der Waals surface area contributed by atoms with E-state index in [0.717, 1.165) is 32.5 Å². The number of hydrogen-bond donors (Lipinski definition) is 2. The molecule has 3 N–H and O–H groups in total. The number of methoxy groups -OCH3 is 1. The average Bonchev–Trinajstić information content (AvgIpc) is 2.50. The number of ether oxygens (including phenoxy) is 1. The molecule has 0 bridgehead atoms. The van der Waals surface area contributed by atoms with Gasteiger partial charge in [0.25, 0.3) is 0 Å². The van der Waals surface area contributed by atoms with Gasteiger partial charge in [-0.2, -0.15) is 0 Å². The second kappa shape index (κ2) is 5.61. The molecule has 106 valence electrons. The van der Waals surface area contributed by atoms with Gasteiger partial charge in [0.2, 0.25) is 0 Å². The third-order valence-electron chi connectivity index (χ3n) is 3.23. The lowest BCUT2D eigenvalue weighted by Gasteiger charge is -2.12. The van der Waals surface area contributed by atoms with Gasteiger partial charge in [-0.1, -0.05) is 12.1 Å². The summed E-state index contributed by atoms with van der Waals surface area (Å²) in [6.07, 6.45) is 1.75. The van der Waals surface area contributed by atoms with E-state index in [-0.39, 0.29) is 0 Å². The summed E-state index contributed by atoms with van der Waals surface area (Å²) >= 11 is 3.45. The second-order valence-electron chi connectivity index (χ2n) is 4.58. The normalized spacial score (nSPS) is 10.6. The highest BCUT2D eigenvalue weighted by atomic mass is 79.9. The molecule has 0 amide bonds. The number of para-hydroxylation sites is 1. The molecule has 5 heteroatoms. The molecule has 3 rings (SSSR count). The fourth-order valence-corrected chi connectivity index (χ4v) is 2.61. The largest absolute Gasteiger partial charge is 0.495 e. The number of nitrogens with zero attached hydrogens (tertiary/aromatic N) is 1. The van der Waals surface area contributed by atoms with E-state index in [9.17, 15) is 0 Å². The lowest BCUT2D eigenvalue weighted by Crippen LogP contribution is -1.95. The van der Waals surface area contributed by atoms with E-state index in [4.69, 9.17) is 10.5 Å². The molecule has 0 unspecified atom stereocenters. The van der Waals surface area contributed by atoms with Crippen molar-refractivity contribution in [1.82, 2.24) is 4.98 Å². The number of nitrogens with one attached hydrogen (secondary N) is 1. The van der Waals surface area contributed by atoms with Crippen molar-refractivity contribution in [3.63, 3.8) is 0 Å². The molecule has 0 fully saturated rings. The van der Waals surface area contributed by atoms with Crippen molar-refractivity contribution in [3.05, 3.63) is 53.1 Å². The van der Waals surface area contributed by atoms with Crippen molar-refractivity contribution in [1.29, 1.82) is 0 Å². The average molecular weight is 344 g/mol. The van der Waals surface area contributed by atoms with Gasteiger partial charge in [0, 0.05) is 29.0 Å². The Morgan fingerprint density at radius 1 is 1.19 bits per heavy atom. The smallest absolute Gasteiger partial charge is 0.135 e. The first-order valence-corrected chi connectivity index (χ1v) is 7.22. The van der Waals surface area contributed by atoms with E-state index in [0.29, 0.717) is 5.69 Å². The Morgan fingerprint density at radius 3 is 2.86 bits per heavy atom. The molecule has 0 saturated carbocycles. The molecule has 2 aromatic carbocycles. The molecule has 3 aromatic rings. The fourth-order valence-electron chi connectivity index (χ4n) is 2.20. The SMILES string of the molecule is COc1cc(Nc2ccnc3c(N)cccc23)ccc1Br. The van der Waals surface area contributed by atoms with Gasteiger partial charge in [0.05, 0.1) is 22.8 Å². The van der Waals surface area contributed by atoms with Crippen molar-refractivity contribution < 1.29 is 4.74 Å². The second-order valence-corrected chi connectivity index (χ2v) is 5.43. The summed E-state index contributed by atoms with van der Waals surface area (Å²) in [5.41, 5.74) is 9.33. The lowest BCUT2D eigenvalue weighted by atomic mass is 10.1. The predicted octanol–water partition coefficient (Wildman–Crippen LogP) is 4.33. The number of nitrogens with two attached hydrogens (primary N) is 1. The molecule has 0 atom stereocenters. The first kappa shape index (κ1) is 13.7. The van der Waals surface area contributed by atoms with Gasteiger partial charge in [-0.15, -0.1) is 0 Å². The van der Waals surface area contributed by atoms with Crippen molar-refractivity contribution >= 4 is 43.9 Å². The van der Waals surface area contributed by atoms with Crippen LogP contribution in [0.5, 0.6) is 5.75 Å². The fraction of sp³-hybridized carbons (Fsp3) is 0.0625. The van der Waals surface area contributed by atoms with Crippen LogP contribution >= 0.6 is 15.9 Å². The van der Waals surface area contributed by atoms with Gasteiger partial charge in [-0.05, 0) is 40.2 Å². The summed E-state index contributed by atoms with van der Waals surface area (Å²) in [5, 5.41) is 4.37. The Labute approximate surface area is 131 Å². The highest BCUT2D eigenvalue weighted by Crippen LogP contribution is 2.32.